The third-order valence-electron chi connectivity index (χ3n) is 5.59. The Labute approximate surface area is 153 Å². The first-order valence-electron chi connectivity index (χ1n) is 9.42. The molecule has 6 heteroatoms. The molecule has 2 aliphatic rings. The maximum atomic E-state index is 13.1. The highest BCUT2D eigenvalue weighted by molar-refractivity contribution is 5.85. The summed E-state index contributed by atoms with van der Waals surface area (Å²) < 4.78 is 13.1. The number of aliphatic hydroxyl groups excluding tert-OH is 1. The Morgan fingerprint density at radius 1 is 1.15 bits per heavy atom. The van der Waals surface area contributed by atoms with Crippen LogP contribution in [0.4, 0.5) is 4.39 Å². The molecule has 2 saturated heterocycles. The van der Waals surface area contributed by atoms with Crippen LogP contribution >= 0.6 is 0 Å². The molecule has 2 amide bonds. The van der Waals surface area contributed by atoms with Crippen molar-refractivity contribution in [2.24, 2.45) is 5.41 Å². The van der Waals surface area contributed by atoms with Gasteiger partial charge in [0.15, 0.2) is 0 Å². The summed E-state index contributed by atoms with van der Waals surface area (Å²) >= 11 is 0. The second-order valence-corrected chi connectivity index (χ2v) is 7.65. The number of carbonyl (C=O) groups is 2. The molecule has 0 spiro atoms. The highest BCUT2D eigenvalue weighted by Crippen LogP contribution is 2.33. The van der Waals surface area contributed by atoms with Crippen LogP contribution < -0.4 is 0 Å². The zero-order valence-electron chi connectivity index (χ0n) is 15.1. The summed E-state index contributed by atoms with van der Waals surface area (Å²) in [4.78, 5) is 28.1. The molecule has 3 rings (SSSR count). The van der Waals surface area contributed by atoms with Crippen LogP contribution in [0.3, 0.4) is 0 Å². The zero-order valence-corrected chi connectivity index (χ0v) is 15.1. The van der Waals surface area contributed by atoms with Crippen molar-refractivity contribution < 1.29 is 19.1 Å². The quantitative estimate of drug-likeness (QED) is 0.871. The predicted octanol–water partition coefficient (Wildman–Crippen LogP) is 1.98. The van der Waals surface area contributed by atoms with Gasteiger partial charge in [0.1, 0.15) is 5.82 Å². The number of piperidine rings is 2. The summed E-state index contributed by atoms with van der Waals surface area (Å²) in [5.74, 6) is -0.267. The van der Waals surface area contributed by atoms with E-state index < -0.39 is 5.41 Å². The number of hydrogen-bond donors (Lipinski definition) is 1. The summed E-state index contributed by atoms with van der Waals surface area (Å²) in [6.45, 7) is 1.90. The molecule has 1 N–H and O–H groups in total. The summed E-state index contributed by atoms with van der Waals surface area (Å²) in [5.41, 5.74) is 0.554. The third kappa shape index (κ3) is 4.41. The van der Waals surface area contributed by atoms with E-state index in [1.807, 2.05) is 0 Å². The van der Waals surface area contributed by atoms with Crippen molar-refractivity contribution in [3.63, 3.8) is 0 Å². The molecule has 0 bridgehead atoms. The van der Waals surface area contributed by atoms with Crippen molar-refractivity contribution in [1.29, 1.82) is 0 Å². The minimum absolute atomic E-state index is 0.0171. The maximum Gasteiger partial charge on any atom is 0.242 e. The molecule has 0 radical (unpaired) electrons. The number of hydrogen-bond acceptors (Lipinski definition) is 3. The third-order valence-corrected chi connectivity index (χ3v) is 5.59. The summed E-state index contributed by atoms with van der Waals surface area (Å²) in [5, 5.41) is 10.0. The Bertz CT molecular complexity index is 649. The van der Waals surface area contributed by atoms with Gasteiger partial charge in [0.25, 0.3) is 0 Å². The van der Waals surface area contributed by atoms with Crippen molar-refractivity contribution in [3.8, 4) is 0 Å². The van der Waals surface area contributed by atoms with Crippen LogP contribution in [-0.4, -0.2) is 59.5 Å². The first kappa shape index (κ1) is 18.8. The molecule has 1 unspecified atom stereocenters. The molecule has 1 atom stereocenters. The van der Waals surface area contributed by atoms with E-state index in [-0.39, 0.29) is 30.8 Å². The van der Waals surface area contributed by atoms with Crippen LogP contribution in [0.15, 0.2) is 24.3 Å². The van der Waals surface area contributed by atoms with Gasteiger partial charge in [0.05, 0.1) is 13.2 Å². The topological polar surface area (TPSA) is 60.9 Å². The highest BCUT2D eigenvalue weighted by atomic mass is 19.1. The Hall–Kier alpha value is -1.95. The molecule has 2 heterocycles. The van der Waals surface area contributed by atoms with Crippen LogP contribution in [0.5, 0.6) is 0 Å². The molecule has 2 aliphatic heterocycles. The van der Waals surface area contributed by atoms with E-state index in [0.29, 0.717) is 32.5 Å². The Morgan fingerprint density at radius 3 is 2.62 bits per heavy atom. The fraction of sp³-hybridized carbons (Fsp3) is 0.600. The lowest BCUT2D eigenvalue weighted by Crippen LogP contribution is -2.52. The van der Waals surface area contributed by atoms with Crippen molar-refractivity contribution in [2.45, 2.75) is 38.5 Å². The van der Waals surface area contributed by atoms with Crippen LogP contribution in [0, 0.1) is 11.2 Å². The largest absolute Gasteiger partial charge is 0.396 e. The van der Waals surface area contributed by atoms with E-state index in [2.05, 4.69) is 0 Å². The maximum absolute atomic E-state index is 13.1. The lowest BCUT2D eigenvalue weighted by molar-refractivity contribution is -0.144. The molecule has 0 aliphatic carbocycles. The van der Waals surface area contributed by atoms with E-state index in [9.17, 15) is 19.1 Å². The van der Waals surface area contributed by atoms with E-state index in [4.69, 9.17) is 0 Å². The first-order chi connectivity index (χ1) is 12.5. The number of rotatable bonds is 5. The van der Waals surface area contributed by atoms with Gasteiger partial charge in [-0.05, 0) is 49.8 Å². The molecule has 5 nitrogen and oxygen atoms in total. The number of nitrogens with zero attached hydrogens (tertiary/aromatic N) is 2. The Kier molecular flexibility index (Phi) is 5.91. The van der Waals surface area contributed by atoms with Gasteiger partial charge in [-0.15, -0.1) is 0 Å². The van der Waals surface area contributed by atoms with Gasteiger partial charge < -0.3 is 14.9 Å². The molecule has 1 aromatic carbocycles. The average molecular weight is 362 g/mol. The molecule has 2 fully saturated rings. The van der Waals surface area contributed by atoms with E-state index in [0.717, 1.165) is 31.2 Å². The highest BCUT2D eigenvalue weighted by Gasteiger charge is 2.37. The van der Waals surface area contributed by atoms with Crippen LogP contribution in [0.2, 0.25) is 0 Å². The summed E-state index contributed by atoms with van der Waals surface area (Å²) in [6, 6.07) is 6.32. The SMILES string of the molecule is O=C1CCCCN1CC(=O)N1CCCC(CO)(Cc2ccc(F)cc2)C1. The lowest BCUT2D eigenvalue weighted by Gasteiger charge is -2.42. The van der Waals surface area contributed by atoms with Gasteiger partial charge in [-0.2, -0.15) is 0 Å². The smallest absolute Gasteiger partial charge is 0.242 e. The van der Waals surface area contributed by atoms with Gasteiger partial charge >= 0.3 is 0 Å². The number of aliphatic hydroxyl groups is 1. The van der Waals surface area contributed by atoms with Crippen molar-refractivity contribution in [1.82, 2.24) is 9.80 Å². The van der Waals surface area contributed by atoms with Crippen LogP contribution in [0.1, 0.15) is 37.7 Å². The number of benzene rings is 1. The Morgan fingerprint density at radius 2 is 1.92 bits per heavy atom. The van der Waals surface area contributed by atoms with Crippen molar-refractivity contribution in [2.75, 3.05) is 32.8 Å². The minimum atomic E-state index is -0.405. The lowest BCUT2D eigenvalue weighted by atomic mass is 9.75. The van der Waals surface area contributed by atoms with Crippen LogP contribution in [-0.2, 0) is 16.0 Å². The van der Waals surface area contributed by atoms with Crippen LogP contribution in [0.25, 0.3) is 0 Å². The van der Waals surface area contributed by atoms with Gasteiger partial charge in [0, 0.05) is 31.5 Å². The molecule has 142 valence electrons. The standard InChI is InChI=1S/C20H27FN2O3/c21-17-7-5-16(6-8-17)12-20(15-24)9-3-11-23(14-20)19(26)13-22-10-2-1-4-18(22)25/h5-8,24H,1-4,9-15H2. The number of halogens is 1. The summed E-state index contributed by atoms with van der Waals surface area (Å²) in [7, 11) is 0. The normalized spacial score (nSPS) is 24.0. The second kappa shape index (κ2) is 8.16. The molecule has 26 heavy (non-hydrogen) atoms. The van der Waals surface area contributed by atoms with E-state index in [1.165, 1.54) is 12.1 Å². The average Bonchev–Trinajstić information content (AvgIpc) is 2.66. The molecular formula is C20H27FN2O3. The zero-order chi connectivity index (χ0) is 18.6. The van der Waals surface area contributed by atoms with Gasteiger partial charge in [-0.1, -0.05) is 12.1 Å². The number of carbonyl (C=O) groups excluding carboxylic acids is 2. The monoisotopic (exact) mass is 362 g/mol. The molecule has 0 aromatic heterocycles. The second-order valence-electron chi connectivity index (χ2n) is 7.65. The minimum Gasteiger partial charge on any atom is -0.396 e. The van der Waals surface area contributed by atoms with Gasteiger partial charge in [-0.3, -0.25) is 9.59 Å². The van der Waals surface area contributed by atoms with E-state index in [1.54, 1.807) is 21.9 Å². The summed E-state index contributed by atoms with van der Waals surface area (Å²) in [6.07, 6.45) is 4.63. The predicted molar refractivity (Wildman–Crippen MR) is 95.9 cm³/mol. The number of likely N-dealkylation sites (tertiary alicyclic amines) is 2. The molecular weight excluding hydrogens is 335 g/mol. The van der Waals surface area contributed by atoms with Gasteiger partial charge in [-0.25, -0.2) is 4.39 Å². The van der Waals surface area contributed by atoms with Gasteiger partial charge in [0.2, 0.25) is 11.8 Å². The fourth-order valence-electron chi connectivity index (χ4n) is 4.08. The number of amides is 2. The van der Waals surface area contributed by atoms with Crippen molar-refractivity contribution >= 4 is 11.8 Å². The molecule has 1 aromatic rings. The van der Waals surface area contributed by atoms with E-state index >= 15 is 0 Å². The molecule has 0 saturated carbocycles. The first-order valence-corrected chi connectivity index (χ1v) is 9.42. The van der Waals surface area contributed by atoms with Crippen molar-refractivity contribution in [3.05, 3.63) is 35.6 Å². The Balaban J connectivity index is 1.65. The fourth-order valence-corrected chi connectivity index (χ4v) is 4.08.